The molecule has 2 aliphatic rings. The number of hydrogen-bond acceptors (Lipinski definition) is 8. The molecule has 38 heavy (non-hydrogen) atoms. The van der Waals surface area contributed by atoms with Crippen LogP contribution in [0.5, 0.6) is 0 Å². The lowest BCUT2D eigenvalue weighted by atomic mass is 10.1. The van der Waals surface area contributed by atoms with Crippen LogP contribution in [-0.2, 0) is 27.3 Å². The number of sulfone groups is 1. The number of piperazine rings is 1. The van der Waals surface area contributed by atoms with E-state index in [1.807, 2.05) is 26.0 Å². The monoisotopic (exact) mass is 555 g/mol. The minimum atomic E-state index is -4.50. The highest BCUT2D eigenvalue weighted by atomic mass is 32.2. The number of alkyl halides is 3. The first-order valence-corrected chi connectivity index (χ1v) is 14.3. The van der Waals surface area contributed by atoms with Gasteiger partial charge in [-0.3, -0.25) is 4.90 Å². The van der Waals surface area contributed by atoms with Gasteiger partial charge < -0.3 is 14.5 Å². The van der Waals surface area contributed by atoms with Gasteiger partial charge in [0.25, 0.3) is 0 Å². The maximum Gasteiger partial charge on any atom is 0.419 e. The van der Waals surface area contributed by atoms with E-state index >= 15 is 0 Å². The molecule has 2 aliphatic heterocycles. The first kappa shape index (κ1) is 28.1. The summed E-state index contributed by atoms with van der Waals surface area (Å²) in [4.78, 5) is 26.8. The molecule has 0 bridgehead atoms. The van der Waals surface area contributed by atoms with Gasteiger partial charge in [-0.2, -0.15) is 13.2 Å². The van der Waals surface area contributed by atoms with Gasteiger partial charge in [0.1, 0.15) is 6.10 Å². The van der Waals surface area contributed by atoms with Crippen LogP contribution in [0.3, 0.4) is 0 Å². The smallest absolute Gasteiger partial charge is 0.419 e. The summed E-state index contributed by atoms with van der Waals surface area (Å²) in [6.45, 7) is 6.63. The van der Waals surface area contributed by atoms with Crippen molar-refractivity contribution >= 4 is 21.9 Å². The molecule has 3 heterocycles. The fraction of sp³-hybridized carbons (Fsp3) is 0.560. The third-order valence-electron chi connectivity index (χ3n) is 7.00. The molecule has 0 aliphatic carbocycles. The zero-order valence-corrected chi connectivity index (χ0v) is 22.4. The summed E-state index contributed by atoms with van der Waals surface area (Å²) in [7, 11) is -3.22. The van der Waals surface area contributed by atoms with Crippen LogP contribution in [0.2, 0.25) is 0 Å². The summed E-state index contributed by atoms with van der Waals surface area (Å²) in [6.07, 6.45) is -0.982. The first-order valence-electron chi connectivity index (χ1n) is 12.5. The Labute approximate surface area is 220 Å². The van der Waals surface area contributed by atoms with Gasteiger partial charge in [-0.25, -0.2) is 23.2 Å². The van der Waals surface area contributed by atoms with Gasteiger partial charge in [0.15, 0.2) is 9.84 Å². The van der Waals surface area contributed by atoms with Crippen molar-refractivity contribution in [2.24, 2.45) is 0 Å². The van der Waals surface area contributed by atoms with Crippen molar-refractivity contribution in [3.63, 3.8) is 0 Å². The lowest BCUT2D eigenvalue weighted by Crippen LogP contribution is -2.59. The molecule has 2 aromatic rings. The fourth-order valence-corrected chi connectivity index (χ4v) is 5.40. The Hall–Kier alpha value is -2.93. The van der Waals surface area contributed by atoms with E-state index in [1.165, 1.54) is 6.26 Å². The van der Waals surface area contributed by atoms with E-state index < -0.39 is 27.7 Å². The second kappa shape index (κ2) is 11.0. The number of likely N-dealkylation sites (tertiary alicyclic amines) is 1. The summed E-state index contributed by atoms with van der Waals surface area (Å²) >= 11 is 0. The van der Waals surface area contributed by atoms with Crippen molar-refractivity contribution in [3.8, 4) is 0 Å². The molecule has 4 rings (SSSR count). The number of halogens is 3. The van der Waals surface area contributed by atoms with Crippen LogP contribution in [0, 0.1) is 0 Å². The maximum absolute atomic E-state index is 13.0. The summed E-state index contributed by atoms with van der Waals surface area (Å²) < 4.78 is 67.6. The van der Waals surface area contributed by atoms with E-state index in [9.17, 15) is 26.4 Å². The van der Waals surface area contributed by atoms with E-state index in [2.05, 4.69) is 14.9 Å². The highest BCUT2D eigenvalue weighted by Gasteiger charge is 2.36. The number of rotatable bonds is 5. The molecular formula is C25H32F3N5O4S. The van der Waals surface area contributed by atoms with Gasteiger partial charge in [-0.15, -0.1) is 0 Å². The van der Waals surface area contributed by atoms with Gasteiger partial charge >= 0.3 is 12.3 Å². The van der Waals surface area contributed by atoms with Crippen LogP contribution in [0.1, 0.15) is 37.8 Å². The average Bonchev–Trinajstić information content (AvgIpc) is 2.85. The van der Waals surface area contributed by atoms with Gasteiger partial charge in [-0.05, 0) is 44.4 Å². The van der Waals surface area contributed by atoms with Crippen LogP contribution in [0.4, 0.5) is 23.9 Å². The number of benzene rings is 1. The van der Waals surface area contributed by atoms with Crippen molar-refractivity contribution in [2.45, 2.75) is 62.5 Å². The SMILES string of the molecule is C[C@@H]1CN(c2ncc(C(F)(F)F)cn2)[C@@H](C)CN1C(=O)OC1CCN(Cc2ccc(S(C)(=O)=O)cc2)CC1. The Balaban J connectivity index is 1.26. The van der Waals surface area contributed by atoms with Crippen molar-refractivity contribution in [1.82, 2.24) is 19.8 Å². The molecule has 2 fully saturated rings. The second-order valence-electron chi connectivity index (χ2n) is 10.0. The van der Waals surface area contributed by atoms with E-state index in [0.29, 0.717) is 37.4 Å². The molecular weight excluding hydrogens is 523 g/mol. The molecule has 1 amide bonds. The largest absolute Gasteiger partial charge is 0.446 e. The maximum atomic E-state index is 13.0. The number of nitrogens with zero attached hydrogens (tertiary/aromatic N) is 5. The number of carbonyl (C=O) groups is 1. The zero-order chi connectivity index (χ0) is 27.7. The first-order chi connectivity index (χ1) is 17.8. The lowest BCUT2D eigenvalue weighted by Gasteiger charge is -2.44. The number of ether oxygens (including phenoxy) is 1. The molecule has 0 N–H and O–H groups in total. The highest BCUT2D eigenvalue weighted by Crippen LogP contribution is 2.29. The van der Waals surface area contributed by atoms with Crippen LogP contribution < -0.4 is 4.90 Å². The Kier molecular flexibility index (Phi) is 8.17. The zero-order valence-electron chi connectivity index (χ0n) is 21.6. The number of aromatic nitrogens is 2. The van der Waals surface area contributed by atoms with Gasteiger partial charge in [-0.1, -0.05) is 12.1 Å². The van der Waals surface area contributed by atoms with Crippen molar-refractivity contribution in [2.75, 3.05) is 37.3 Å². The molecule has 2 atom stereocenters. The van der Waals surface area contributed by atoms with Crippen LogP contribution >= 0.6 is 0 Å². The van der Waals surface area contributed by atoms with E-state index in [-0.39, 0.29) is 24.1 Å². The summed E-state index contributed by atoms with van der Waals surface area (Å²) in [5.41, 5.74) is 0.116. The van der Waals surface area contributed by atoms with E-state index in [1.54, 1.807) is 21.9 Å². The number of hydrogen-bond donors (Lipinski definition) is 0. The van der Waals surface area contributed by atoms with Gasteiger partial charge in [0.2, 0.25) is 5.95 Å². The molecule has 13 heteroatoms. The third kappa shape index (κ3) is 6.73. The molecule has 0 saturated carbocycles. The van der Waals surface area contributed by atoms with Crippen molar-refractivity contribution in [3.05, 3.63) is 47.8 Å². The van der Waals surface area contributed by atoms with Gasteiger partial charge in [0, 0.05) is 63.5 Å². The number of anilines is 1. The Morgan fingerprint density at radius 1 is 1.03 bits per heavy atom. The molecule has 0 spiro atoms. The molecule has 2 saturated heterocycles. The minimum Gasteiger partial charge on any atom is -0.446 e. The molecule has 9 nitrogen and oxygen atoms in total. The Morgan fingerprint density at radius 2 is 1.63 bits per heavy atom. The third-order valence-corrected chi connectivity index (χ3v) is 8.13. The summed E-state index contributed by atoms with van der Waals surface area (Å²) in [5, 5.41) is 0. The number of carbonyl (C=O) groups excluding carboxylic acids is 1. The molecule has 0 unspecified atom stereocenters. The minimum absolute atomic E-state index is 0.198. The standard InChI is InChI=1S/C25H32F3N5O4S/c1-17-15-33(18(2)14-32(17)23-29-12-20(13-30-23)25(26,27)28)24(34)37-21-8-10-31(11-9-21)16-19-4-6-22(7-5-19)38(3,35)36/h4-7,12-13,17-18,21H,8-11,14-16H2,1-3H3/t17-,18+/m0/s1. The molecule has 1 aromatic heterocycles. The van der Waals surface area contributed by atoms with E-state index in [0.717, 1.165) is 31.0 Å². The van der Waals surface area contributed by atoms with Crippen molar-refractivity contribution < 1.29 is 31.1 Å². The van der Waals surface area contributed by atoms with Crippen molar-refractivity contribution in [1.29, 1.82) is 0 Å². The molecule has 1 aromatic carbocycles. The lowest BCUT2D eigenvalue weighted by molar-refractivity contribution is -0.138. The fourth-order valence-electron chi connectivity index (χ4n) is 4.77. The molecule has 0 radical (unpaired) electrons. The van der Waals surface area contributed by atoms with Crippen LogP contribution in [0.25, 0.3) is 0 Å². The highest BCUT2D eigenvalue weighted by molar-refractivity contribution is 7.90. The topological polar surface area (TPSA) is 95.9 Å². The Bertz CT molecular complexity index is 1220. The summed E-state index contributed by atoms with van der Waals surface area (Å²) in [6, 6.07) is 6.43. The van der Waals surface area contributed by atoms with E-state index in [4.69, 9.17) is 4.74 Å². The average molecular weight is 556 g/mol. The second-order valence-corrected chi connectivity index (χ2v) is 12.1. The van der Waals surface area contributed by atoms with Gasteiger partial charge in [0.05, 0.1) is 10.5 Å². The normalized spacial score (nSPS) is 21.9. The van der Waals surface area contributed by atoms with Crippen LogP contribution in [-0.4, -0.2) is 84.9 Å². The Morgan fingerprint density at radius 3 is 2.18 bits per heavy atom. The molecule has 208 valence electrons. The number of piperidine rings is 1. The number of amides is 1. The predicted octanol–water partition coefficient (Wildman–Crippen LogP) is 3.60. The van der Waals surface area contributed by atoms with Crippen LogP contribution in [0.15, 0.2) is 41.6 Å². The summed E-state index contributed by atoms with van der Waals surface area (Å²) in [5.74, 6) is 0.198. The predicted molar refractivity (Wildman–Crippen MR) is 134 cm³/mol. The quantitative estimate of drug-likeness (QED) is 0.553.